The standard InChI is InChI=1S/C42H56N4O6/c1-6-39(50)21-25-22-42(38(49)52-5,34-27(13-17-45(23-25)24-39)26-11-8-9-12-30(26)43-34)29-19-28-31(20-32(29)51-4)44(3)35-33(47)36(48)40(7-2)14-10-16-46-18-15-41(28,35)37(40)46/h8-9,11-12,19-20,25,33,35-37,43,47-48,50H,6-7,10,13-18,21-24H2,1-5H3/t25-,33+,35+,36+,37+,39+,40+,41+,42+/m1/s1. The SMILES string of the molecule is CC[C@]1(O)C[C@H]2CN(CCc3c([nH]c4ccccc34)[C@@](C(=O)OC)(c3cc4c(cc3OC)N(C)[C@H]3[C@H](O)[C@H](O)[C@]5(CC)CCCN6CC[C@]43[C@@H]65)C2)C1. The van der Waals surface area contributed by atoms with Gasteiger partial charge in [0.05, 0.1) is 32.0 Å². The smallest absolute Gasteiger partial charge is 0.322 e. The van der Waals surface area contributed by atoms with Crippen molar-refractivity contribution in [3.05, 3.63) is 58.8 Å². The topological polar surface area (TPSA) is 122 Å². The fraction of sp³-hybridized carbons (Fsp3) is 0.643. The summed E-state index contributed by atoms with van der Waals surface area (Å²) in [7, 11) is 5.21. The number of esters is 1. The summed E-state index contributed by atoms with van der Waals surface area (Å²) in [5.74, 6) is 0.260. The fourth-order valence-electron chi connectivity index (χ4n) is 13.1. The maximum Gasteiger partial charge on any atom is 0.322 e. The van der Waals surface area contributed by atoms with Crippen molar-refractivity contribution in [3.8, 4) is 5.75 Å². The van der Waals surface area contributed by atoms with Crippen LogP contribution >= 0.6 is 0 Å². The third-order valence-corrected chi connectivity index (χ3v) is 15.2. The minimum atomic E-state index is -1.27. The third kappa shape index (κ3) is 4.33. The molecule has 1 saturated carbocycles. The maximum atomic E-state index is 15.1. The molecule has 2 aromatic carbocycles. The summed E-state index contributed by atoms with van der Waals surface area (Å²) in [6.07, 6.45) is 4.15. The van der Waals surface area contributed by atoms with Crippen LogP contribution in [-0.2, 0) is 26.8 Å². The second-order valence-electron chi connectivity index (χ2n) is 17.2. The molecule has 3 aromatic rings. The average Bonchev–Trinajstić information content (AvgIpc) is 3.81. The van der Waals surface area contributed by atoms with Gasteiger partial charge in [-0.15, -0.1) is 0 Å². The van der Waals surface area contributed by atoms with Gasteiger partial charge in [0.15, 0.2) is 0 Å². The predicted molar refractivity (Wildman–Crippen MR) is 200 cm³/mol. The van der Waals surface area contributed by atoms with Crippen molar-refractivity contribution in [1.29, 1.82) is 0 Å². The number of hydrogen-bond acceptors (Lipinski definition) is 9. The summed E-state index contributed by atoms with van der Waals surface area (Å²) in [5.41, 5.74) is 2.80. The van der Waals surface area contributed by atoms with E-state index in [0.29, 0.717) is 38.0 Å². The van der Waals surface area contributed by atoms with Crippen molar-refractivity contribution in [3.63, 3.8) is 0 Å². The van der Waals surface area contributed by atoms with Gasteiger partial charge in [-0.25, -0.2) is 0 Å². The fourth-order valence-corrected chi connectivity index (χ4v) is 13.1. The minimum Gasteiger partial charge on any atom is -0.496 e. The highest BCUT2D eigenvalue weighted by molar-refractivity contribution is 5.94. The number of carbonyl (C=O) groups is 1. The molecule has 1 unspecified atom stereocenters. The summed E-state index contributed by atoms with van der Waals surface area (Å²) >= 11 is 0. The number of anilines is 1. The van der Waals surface area contributed by atoms with E-state index in [2.05, 4.69) is 63.9 Å². The Labute approximate surface area is 307 Å². The Kier molecular flexibility index (Phi) is 7.94. The zero-order chi connectivity index (χ0) is 36.4. The first-order chi connectivity index (χ1) is 25.0. The van der Waals surface area contributed by atoms with Crippen LogP contribution in [0.5, 0.6) is 5.75 Å². The van der Waals surface area contributed by atoms with Gasteiger partial charge < -0.3 is 34.7 Å². The second kappa shape index (κ2) is 11.9. The number of benzene rings is 2. The molecule has 280 valence electrons. The molecular weight excluding hydrogens is 656 g/mol. The number of aromatic nitrogens is 1. The van der Waals surface area contributed by atoms with Crippen molar-refractivity contribution >= 4 is 22.6 Å². The van der Waals surface area contributed by atoms with Gasteiger partial charge in [0.25, 0.3) is 0 Å². The highest BCUT2D eigenvalue weighted by Crippen LogP contribution is 2.66. The van der Waals surface area contributed by atoms with E-state index in [4.69, 9.17) is 9.47 Å². The molecule has 1 spiro atoms. The van der Waals surface area contributed by atoms with Crippen LogP contribution in [0.3, 0.4) is 0 Å². The highest BCUT2D eigenvalue weighted by Gasteiger charge is 2.73. The zero-order valence-corrected chi connectivity index (χ0v) is 31.5. The number of ether oxygens (including phenoxy) is 2. The number of methoxy groups -OCH3 is 2. The van der Waals surface area contributed by atoms with Gasteiger partial charge in [0.2, 0.25) is 0 Å². The number of fused-ring (bicyclic) bond motifs is 6. The summed E-state index contributed by atoms with van der Waals surface area (Å²) in [5, 5.41) is 37.2. The summed E-state index contributed by atoms with van der Waals surface area (Å²) in [4.78, 5) is 26.1. The van der Waals surface area contributed by atoms with E-state index in [-0.39, 0.29) is 24.0 Å². The first-order valence-electron chi connectivity index (χ1n) is 19.7. The molecule has 2 bridgehead atoms. The van der Waals surface area contributed by atoms with Crippen molar-refractivity contribution < 1.29 is 29.6 Å². The average molecular weight is 713 g/mol. The van der Waals surface area contributed by atoms with Crippen LogP contribution in [0.4, 0.5) is 5.69 Å². The summed E-state index contributed by atoms with van der Waals surface area (Å²) in [6.45, 7) is 8.29. The van der Waals surface area contributed by atoms with Crippen LogP contribution in [0, 0.1) is 11.3 Å². The van der Waals surface area contributed by atoms with Gasteiger partial charge in [0, 0.05) is 77.5 Å². The van der Waals surface area contributed by atoms with Crippen LogP contribution in [0.2, 0.25) is 0 Å². The number of likely N-dealkylation sites (N-methyl/N-ethyl adjacent to an activating group) is 1. The number of H-pyrrole nitrogens is 1. The lowest BCUT2D eigenvalue weighted by Crippen LogP contribution is -2.74. The molecule has 52 heavy (non-hydrogen) atoms. The minimum absolute atomic E-state index is 0.00131. The number of nitrogens with one attached hydrogen (secondary N) is 1. The van der Waals surface area contributed by atoms with E-state index in [9.17, 15) is 15.3 Å². The van der Waals surface area contributed by atoms with E-state index in [0.717, 1.165) is 90.8 Å². The Morgan fingerprint density at radius 3 is 2.58 bits per heavy atom. The van der Waals surface area contributed by atoms with E-state index < -0.39 is 34.1 Å². The van der Waals surface area contributed by atoms with Crippen LogP contribution in [0.1, 0.15) is 81.2 Å². The number of aliphatic hydroxyl groups is 3. The molecule has 0 radical (unpaired) electrons. The molecule has 1 aromatic heterocycles. The number of para-hydroxylation sites is 1. The molecule has 10 heteroatoms. The van der Waals surface area contributed by atoms with Crippen LogP contribution in [0.15, 0.2) is 36.4 Å². The molecule has 6 heterocycles. The van der Waals surface area contributed by atoms with Crippen molar-refractivity contribution in [2.75, 3.05) is 58.9 Å². The van der Waals surface area contributed by atoms with Crippen molar-refractivity contribution in [1.82, 2.24) is 14.8 Å². The van der Waals surface area contributed by atoms with Gasteiger partial charge in [-0.3, -0.25) is 14.6 Å². The largest absolute Gasteiger partial charge is 0.496 e. The Morgan fingerprint density at radius 2 is 1.83 bits per heavy atom. The lowest BCUT2D eigenvalue weighted by atomic mass is 9.50. The molecule has 10 nitrogen and oxygen atoms in total. The number of rotatable bonds is 5. The molecule has 1 aliphatic carbocycles. The van der Waals surface area contributed by atoms with E-state index in [1.165, 1.54) is 7.11 Å². The molecule has 10 atom stereocenters. The van der Waals surface area contributed by atoms with E-state index in [1.807, 2.05) is 13.1 Å². The Bertz CT molecular complexity index is 1910. The zero-order valence-electron chi connectivity index (χ0n) is 31.5. The first kappa shape index (κ1) is 34.6. The van der Waals surface area contributed by atoms with Gasteiger partial charge >= 0.3 is 5.97 Å². The summed E-state index contributed by atoms with van der Waals surface area (Å²) < 4.78 is 12.3. The van der Waals surface area contributed by atoms with Gasteiger partial charge in [0.1, 0.15) is 17.3 Å². The first-order valence-corrected chi connectivity index (χ1v) is 19.7. The maximum absolute atomic E-state index is 15.1. The van der Waals surface area contributed by atoms with Crippen molar-refractivity contribution in [2.45, 2.75) is 106 Å². The number of hydrogen-bond donors (Lipinski definition) is 4. The lowest BCUT2D eigenvalue weighted by molar-refractivity contribution is -0.173. The molecular formula is C42H56N4O6. The van der Waals surface area contributed by atoms with E-state index >= 15 is 4.79 Å². The number of aromatic amines is 1. The normalized spacial score (nSPS) is 39.5. The van der Waals surface area contributed by atoms with Crippen LogP contribution in [-0.4, -0.2) is 120 Å². The number of aliphatic hydroxyl groups excluding tert-OH is 2. The van der Waals surface area contributed by atoms with Gasteiger partial charge in [-0.05, 0) is 93.6 Å². The second-order valence-corrected chi connectivity index (χ2v) is 17.2. The highest BCUT2D eigenvalue weighted by atomic mass is 16.5. The Balaban J connectivity index is 1.34. The molecule has 6 aliphatic rings. The Hall–Kier alpha value is -3.15. The molecule has 3 saturated heterocycles. The van der Waals surface area contributed by atoms with Crippen LogP contribution in [0.25, 0.3) is 10.9 Å². The van der Waals surface area contributed by atoms with Crippen LogP contribution < -0.4 is 9.64 Å². The number of carbonyl (C=O) groups excluding carboxylic acids is 1. The molecule has 5 aliphatic heterocycles. The van der Waals surface area contributed by atoms with Gasteiger partial charge in [-0.1, -0.05) is 32.0 Å². The Morgan fingerprint density at radius 1 is 1.02 bits per heavy atom. The molecule has 4 fully saturated rings. The quantitative estimate of drug-likeness (QED) is 0.290. The molecule has 0 amide bonds. The number of piperidine rings is 2. The number of nitrogens with zero attached hydrogens (tertiary/aromatic N) is 3. The monoisotopic (exact) mass is 712 g/mol. The summed E-state index contributed by atoms with van der Waals surface area (Å²) in [6, 6.07) is 12.4. The van der Waals surface area contributed by atoms with Crippen molar-refractivity contribution in [2.24, 2.45) is 11.3 Å². The lowest BCUT2D eigenvalue weighted by Gasteiger charge is -2.62. The van der Waals surface area contributed by atoms with E-state index in [1.54, 1.807) is 7.11 Å². The predicted octanol–water partition coefficient (Wildman–Crippen LogP) is 4.10. The third-order valence-electron chi connectivity index (χ3n) is 15.2. The molecule has 4 N–H and O–H groups in total. The molecule has 9 rings (SSSR count). The van der Waals surface area contributed by atoms with Gasteiger partial charge in [-0.2, -0.15) is 0 Å².